The first-order chi connectivity index (χ1) is 10.5. The van der Waals surface area contributed by atoms with Crippen LogP contribution < -0.4 is 0 Å². The van der Waals surface area contributed by atoms with Crippen molar-refractivity contribution in [2.75, 3.05) is 31.2 Å². The molecule has 0 aromatic carbocycles. The number of hydrogen-bond donors (Lipinski definition) is 1. The summed E-state index contributed by atoms with van der Waals surface area (Å²) >= 11 is 0. The van der Waals surface area contributed by atoms with Gasteiger partial charge in [-0.15, -0.1) is 0 Å². The van der Waals surface area contributed by atoms with E-state index in [0.29, 0.717) is 19.6 Å². The number of nitrogens with zero attached hydrogens (tertiary/aromatic N) is 3. The smallest absolute Gasteiger partial charge is 0.248 e. The van der Waals surface area contributed by atoms with Crippen LogP contribution in [0, 0.1) is 0 Å². The molecular weight excluding hydrogens is 306 g/mol. The Bertz CT molecular complexity index is 649. The molecule has 3 heterocycles. The third kappa shape index (κ3) is 2.99. The van der Waals surface area contributed by atoms with Crippen molar-refractivity contribution in [1.29, 1.82) is 0 Å². The zero-order valence-electron chi connectivity index (χ0n) is 12.1. The topological polar surface area (TPSA) is 90.8 Å². The van der Waals surface area contributed by atoms with E-state index >= 15 is 0 Å². The molecule has 1 aromatic heterocycles. The first-order valence-corrected chi connectivity index (χ1v) is 9.06. The van der Waals surface area contributed by atoms with Crippen molar-refractivity contribution in [2.45, 2.75) is 18.6 Å². The van der Waals surface area contributed by atoms with Crippen LogP contribution in [0.3, 0.4) is 0 Å². The van der Waals surface area contributed by atoms with Crippen LogP contribution >= 0.6 is 0 Å². The molecule has 0 radical (unpaired) electrons. The number of amides is 1. The molecule has 2 fully saturated rings. The van der Waals surface area contributed by atoms with Gasteiger partial charge in [-0.3, -0.25) is 14.7 Å². The second-order valence-electron chi connectivity index (χ2n) is 5.78. The van der Waals surface area contributed by atoms with Gasteiger partial charge in [0, 0.05) is 38.1 Å². The van der Waals surface area contributed by atoms with Gasteiger partial charge in [0.2, 0.25) is 5.91 Å². The molecule has 2 saturated heterocycles. The number of sulfone groups is 1. The molecule has 22 heavy (non-hydrogen) atoms. The van der Waals surface area contributed by atoms with Crippen molar-refractivity contribution in [2.24, 2.45) is 0 Å². The van der Waals surface area contributed by atoms with Gasteiger partial charge < -0.3 is 10.0 Å². The Balaban J connectivity index is 1.82. The Labute approximate surface area is 129 Å². The first kappa shape index (κ1) is 15.4. The summed E-state index contributed by atoms with van der Waals surface area (Å²) in [5.74, 6) is -0.343. The maximum absolute atomic E-state index is 12.0. The molecule has 2 atom stereocenters. The summed E-state index contributed by atoms with van der Waals surface area (Å²) in [6.07, 6.45) is 3.42. The minimum absolute atomic E-state index is 0.0176. The average Bonchev–Trinajstić information content (AvgIpc) is 2.83. The van der Waals surface area contributed by atoms with Crippen LogP contribution in [0.5, 0.6) is 0 Å². The Kier molecular flexibility index (Phi) is 4.16. The molecule has 7 nitrogen and oxygen atoms in total. The van der Waals surface area contributed by atoms with Crippen molar-refractivity contribution < 1.29 is 18.3 Å². The van der Waals surface area contributed by atoms with Crippen LogP contribution in [-0.4, -0.2) is 77.5 Å². The van der Waals surface area contributed by atoms with Gasteiger partial charge in [-0.05, 0) is 17.7 Å². The molecule has 1 aromatic rings. The number of aliphatic hydroxyl groups excluding tert-OH is 1. The van der Waals surface area contributed by atoms with Gasteiger partial charge in [-0.1, -0.05) is 0 Å². The molecule has 0 spiro atoms. The van der Waals surface area contributed by atoms with Crippen LogP contribution in [-0.2, 0) is 21.2 Å². The number of aromatic nitrogens is 1. The fourth-order valence-corrected chi connectivity index (χ4v) is 5.36. The third-order valence-electron chi connectivity index (χ3n) is 4.38. The van der Waals surface area contributed by atoms with E-state index in [2.05, 4.69) is 9.88 Å². The third-order valence-corrected chi connectivity index (χ3v) is 6.08. The van der Waals surface area contributed by atoms with Crippen molar-refractivity contribution in [3.05, 3.63) is 30.1 Å². The van der Waals surface area contributed by atoms with E-state index in [1.54, 1.807) is 12.4 Å². The lowest BCUT2D eigenvalue weighted by Crippen LogP contribution is -2.60. The molecule has 120 valence electrons. The van der Waals surface area contributed by atoms with Crippen molar-refractivity contribution >= 4 is 15.7 Å². The summed E-state index contributed by atoms with van der Waals surface area (Å²) in [5, 5.41) is 9.08. The number of carbonyl (C=O) groups excluding carboxylic acids is 1. The molecule has 3 rings (SSSR count). The van der Waals surface area contributed by atoms with E-state index < -0.39 is 22.4 Å². The highest BCUT2D eigenvalue weighted by Gasteiger charge is 2.47. The van der Waals surface area contributed by atoms with E-state index in [9.17, 15) is 13.2 Å². The maximum atomic E-state index is 12.0. The molecule has 2 aliphatic heterocycles. The predicted molar refractivity (Wildman–Crippen MR) is 79.7 cm³/mol. The summed E-state index contributed by atoms with van der Waals surface area (Å²) in [6.45, 7) is 1.11. The highest BCUT2D eigenvalue weighted by atomic mass is 32.2. The number of aliphatic hydroxyl groups is 1. The van der Waals surface area contributed by atoms with Gasteiger partial charge in [0.1, 0.15) is 6.61 Å². The lowest BCUT2D eigenvalue weighted by molar-refractivity contribution is -0.140. The summed E-state index contributed by atoms with van der Waals surface area (Å²) in [6, 6.07) is 3.25. The van der Waals surface area contributed by atoms with Gasteiger partial charge >= 0.3 is 0 Å². The van der Waals surface area contributed by atoms with Crippen molar-refractivity contribution in [3.63, 3.8) is 0 Å². The zero-order chi connectivity index (χ0) is 15.7. The van der Waals surface area contributed by atoms with Gasteiger partial charge in [0.15, 0.2) is 9.84 Å². The van der Waals surface area contributed by atoms with E-state index in [4.69, 9.17) is 5.11 Å². The standard InChI is InChI=1S/C14H19N3O4S/c18-8-14(19)17-6-5-16(7-11-1-3-15-4-2-11)12-9-22(20,21)10-13(12)17/h1-4,12-13,18H,5-10H2/t12-,13+/m1/s1. The van der Waals surface area contributed by atoms with E-state index in [1.165, 1.54) is 4.90 Å². The number of pyridine rings is 1. The minimum atomic E-state index is -3.16. The number of fused-ring (bicyclic) bond motifs is 1. The van der Waals surface area contributed by atoms with E-state index in [0.717, 1.165) is 5.56 Å². The lowest BCUT2D eigenvalue weighted by Gasteiger charge is -2.43. The maximum Gasteiger partial charge on any atom is 0.248 e. The van der Waals surface area contributed by atoms with Crippen LogP contribution in [0.25, 0.3) is 0 Å². The number of piperazine rings is 1. The fraction of sp³-hybridized carbons (Fsp3) is 0.571. The van der Waals surface area contributed by atoms with Gasteiger partial charge in [-0.2, -0.15) is 0 Å². The molecule has 0 saturated carbocycles. The second kappa shape index (κ2) is 5.94. The SMILES string of the molecule is O=C(CO)N1CCN(Cc2ccncc2)[C@@H]2CS(=O)(=O)C[C@@H]21. The molecule has 1 N–H and O–H groups in total. The average molecular weight is 325 g/mol. The molecule has 8 heteroatoms. The molecule has 0 bridgehead atoms. The van der Waals surface area contributed by atoms with Crippen LogP contribution in [0.4, 0.5) is 0 Å². The summed E-state index contributed by atoms with van der Waals surface area (Å²) in [5.41, 5.74) is 1.07. The molecule has 1 amide bonds. The molecule has 2 aliphatic rings. The number of carbonyl (C=O) groups is 1. The largest absolute Gasteiger partial charge is 0.387 e. The van der Waals surface area contributed by atoms with Crippen LogP contribution in [0.1, 0.15) is 5.56 Å². The van der Waals surface area contributed by atoms with Gasteiger partial charge in [0.05, 0.1) is 17.5 Å². The van der Waals surface area contributed by atoms with Gasteiger partial charge in [0.25, 0.3) is 0 Å². The number of hydrogen-bond acceptors (Lipinski definition) is 6. The molecule has 0 unspecified atom stereocenters. The Morgan fingerprint density at radius 2 is 1.91 bits per heavy atom. The Hall–Kier alpha value is -1.51. The van der Waals surface area contributed by atoms with E-state index in [1.807, 2.05) is 12.1 Å². The minimum Gasteiger partial charge on any atom is -0.387 e. The van der Waals surface area contributed by atoms with E-state index in [-0.39, 0.29) is 23.6 Å². The Morgan fingerprint density at radius 1 is 1.23 bits per heavy atom. The van der Waals surface area contributed by atoms with Crippen LogP contribution in [0.2, 0.25) is 0 Å². The highest BCUT2D eigenvalue weighted by Crippen LogP contribution is 2.28. The summed E-state index contributed by atoms with van der Waals surface area (Å²) in [7, 11) is -3.16. The van der Waals surface area contributed by atoms with Crippen LogP contribution in [0.15, 0.2) is 24.5 Å². The molecule has 0 aliphatic carbocycles. The molecular formula is C14H19N3O4S. The first-order valence-electron chi connectivity index (χ1n) is 7.24. The predicted octanol–water partition coefficient (Wildman–Crippen LogP) is -1.12. The highest BCUT2D eigenvalue weighted by molar-refractivity contribution is 7.91. The summed E-state index contributed by atoms with van der Waals surface area (Å²) in [4.78, 5) is 19.5. The fourth-order valence-electron chi connectivity index (χ4n) is 3.34. The van der Waals surface area contributed by atoms with Gasteiger partial charge in [-0.25, -0.2) is 8.42 Å². The Morgan fingerprint density at radius 3 is 2.59 bits per heavy atom. The number of rotatable bonds is 3. The summed E-state index contributed by atoms with van der Waals surface area (Å²) < 4.78 is 24.0. The monoisotopic (exact) mass is 325 g/mol. The lowest BCUT2D eigenvalue weighted by atomic mass is 10.0. The van der Waals surface area contributed by atoms with Crippen molar-refractivity contribution in [3.8, 4) is 0 Å². The van der Waals surface area contributed by atoms with Crippen molar-refractivity contribution in [1.82, 2.24) is 14.8 Å². The quantitative estimate of drug-likeness (QED) is 0.757. The second-order valence-corrected chi connectivity index (χ2v) is 7.94. The zero-order valence-corrected chi connectivity index (χ0v) is 12.9. The normalized spacial score (nSPS) is 27.6.